The van der Waals surface area contributed by atoms with Crippen LogP contribution >= 0.6 is 11.3 Å². The SMILES string of the molecule is CN(C)CCCN(C(=O)Cn1c(=O)oc2ccccc21)c1nc2ccc(F)cc2s1. The normalized spacial score (nSPS) is 11.6. The maximum absolute atomic E-state index is 13.6. The molecule has 0 aliphatic heterocycles. The Labute approximate surface area is 175 Å². The van der Waals surface area contributed by atoms with E-state index >= 15 is 0 Å². The third-order valence-electron chi connectivity index (χ3n) is 4.73. The lowest BCUT2D eigenvalue weighted by Gasteiger charge is -2.21. The van der Waals surface area contributed by atoms with Crippen molar-refractivity contribution in [2.75, 3.05) is 32.1 Å². The van der Waals surface area contributed by atoms with Gasteiger partial charge in [-0.25, -0.2) is 14.2 Å². The Morgan fingerprint density at radius 2 is 2.00 bits per heavy atom. The summed E-state index contributed by atoms with van der Waals surface area (Å²) in [6, 6.07) is 11.3. The van der Waals surface area contributed by atoms with Gasteiger partial charge in [-0.2, -0.15) is 0 Å². The van der Waals surface area contributed by atoms with Gasteiger partial charge in [0, 0.05) is 6.54 Å². The van der Waals surface area contributed by atoms with Crippen molar-refractivity contribution >= 4 is 43.7 Å². The van der Waals surface area contributed by atoms with Crippen molar-refractivity contribution in [3.63, 3.8) is 0 Å². The first kappa shape index (κ1) is 20.2. The Morgan fingerprint density at radius 1 is 1.20 bits per heavy atom. The minimum Gasteiger partial charge on any atom is -0.408 e. The second kappa shape index (κ2) is 8.37. The molecule has 0 aliphatic rings. The molecule has 0 saturated heterocycles. The predicted octanol–water partition coefficient (Wildman–Crippen LogP) is 3.33. The fourth-order valence-electron chi connectivity index (χ4n) is 3.26. The molecule has 0 bridgehead atoms. The Hall–Kier alpha value is -3.04. The third kappa shape index (κ3) is 4.12. The molecule has 0 radical (unpaired) electrons. The van der Waals surface area contributed by atoms with E-state index in [-0.39, 0.29) is 18.3 Å². The maximum atomic E-state index is 13.6. The van der Waals surface area contributed by atoms with Crippen LogP contribution in [-0.2, 0) is 11.3 Å². The number of halogens is 1. The number of fused-ring (bicyclic) bond motifs is 2. The van der Waals surface area contributed by atoms with Crippen LogP contribution in [0.4, 0.5) is 9.52 Å². The molecule has 7 nitrogen and oxygen atoms in total. The molecule has 0 unspecified atom stereocenters. The molecule has 2 aromatic carbocycles. The van der Waals surface area contributed by atoms with Gasteiger partial charge in [-0.05, 0) is 57.4 Å². The zero-order chi connectivity index (χ0) is 21.3. The summed E-state index contributed by atoms with van der Waals surface area (Å²) in [7, 11) is 3.92. The Kier molecular flexibility index (Phi) is 5.65. The van der Waals surface area contributed by atoms with Crippen LogP contribution in [0.25, 0.3) is 21.3 Å². The summed E-state index contributed by atoms with van der Waals surface area (Å²) in [5.41, 5.74) is 1.63. The van der Waals surface area contributed by atoms with Crippen molar-refractivity contribution in [3.05, 3.63) is 58.8 Å². The molecule has 0 atom stereocenters. The molecule has 0 spiro atoms. The molecule has 0 aliphatic carbocycles. The summed E-state index contributed by atoms with van der Waals surface area (Å²) in [6.07, 6.45) is 0.726. The van der Waals surface area contributed by atoms with E-state index in [0.717, 1.165) is 13.0 Å². The molecular weight excluding hydrogens is 407 g/mol. The average Bonchev–Trinajstić information content (AvgIpc) is 3.25. The second-order valence-corrected chi connectivity index (χ2v) is 8.24. The molecule has 1 amide bonds. The number of benzene rings is 2. The zero-order valence-corrected chi connectivity index (χ0v) is 17.5. The van der Waals surface area contributed by atoms with Gasteiger partial charge < -0.3 is 9.32 Å². The smallest absolute Gasteiger partial charge is 0.408 e. The number of amides is 1. The molecule has 0 saturated carbocycles. The van der Waals surface area contributed by atoms with Crippen LogP contribution in [0.5, 0.6) is 0 Å². The molecule has 156 valence electrons. The van der Waals surface area contributed by atoms with Crippen LogP contribution < -0.4 is 10.7 Å². The number of oxazole rings is 1. The number of aromatic nitrogens is 2. The van der Waals surface area contributed by atoms with E-state index < -0.39 is 5.76 Å². The van der Waals surface area contributed by atoms with Crippen molar-refractivity contribution in [1.82, 2.24) is 14.5 Å². The predicted molar refractivity (Wildman–Crippen MR) is 116 cm³/mol. The number of nitrogens with zero attached hydrogens (tertiary/aromatic N) is 4. The third-order valence-corrected chi connectivity index (χ3v) is 5.77. The average molecular weight is 428 g/mol. The minimum absolute atomic E-state index is 0.165. The number of para-hydroxylation sites is 2. The van der Waals surface area contributed by atoms with Gasteiger partial charge in [0.25, 0.3) is 0 Å². The van der Waals surface area contributed by atoms with Gasteiger partial charge in [0.05, 0.1) is 15.7 Å². The summed E-state index contributed by atoms with van der Waals surface area (Å²) < 4.78 is 20.8. The number of thiazole rings is 1. The first-order chi connectivity index (χ1) is 14.4. The van der Waals surface area contributed by atoms with E-state index in [0.29, 0.717) is 33.0 Å². The topological polar surface area (TPSA) is 71.6 Å². The molecule has 0 N–H and O–H groups in total. The van der Waals surface area contributed by atoms with E-state index in [9.17, 15) is 14.0 Å². The molecular formula is C21H21FN4O3S. The second-order valence-electron chi connectivity index (χ2n) is 7.23. The fourth-order valence-corrected chi connectivity index (χ4v) is 4.29. The summed E-state index contributed by atoms with van der Waals surface area (Å²) in [4.78, 5) is 33.6. The molecule has 9 heteroatoms. The van der Waals surface area contributed by atoms with Crippen LogP contribution in [0.1, 0.15) is 6.42 Å². The number of carbonyl (C=O) groups is 1. The van der Waals surface area contributed by atoms with E-state index in [2.05, 4.69) is 4.98 Å². The Bertz CT molecular complexity index is 1260. The lowest BCUT2D eigenvalue weighted by atomic mass is 10.3. The number of hydrogen-bond donors (Lipinski definition) is 0. The Balaban J connectivity index is 1.66. The summed E-state index contributed by atoms with van der Waals surface area (Å²) >= 11 is 1.26. The molecule has 0 fully saturated rings. The Morgan fingerprint density at radius 3 is 2.80 bits per heavy atom. The molecule has 2 heterocycles. The van der Waals surface area contributed by atoms with Gasteiger partial charge in [-0.3, -0.25) is 14.3 Å². The first-order valence-corrected chi connectivity index (χ1v) is 10.3. The van der Waals surface area contributed by atoms with Gasteiger partial charge in [0.1, 0.15) is 12.4 Å². The number of carbonyl (C=O) groups excluding carboxylic acids is 1. The van der Waals surface area contributed by atoms with Gasteiger partial charge in [0.15, 0.2) is 10.7 Å². The van der Waals surface area contributed by atoms with Gasteiger partial charge >= 0.3 is 5.76 Å². The monoisotopic (exact) mass is 428 g/mol. The van der Waals surface area contributed by atoms with Crippen LogP contribution in [-0.4, -0.2) is 47.5 Å². The highest BCUT2D eigenvalue weighted by Crippen LogP contribution is 2.30. The highest BCUT2D eigenvalue weighted by molar-refractivity contribution is 7.22. The van der Waals surface area contributed by atoms with Crippen LogP contribution in [0.15, 0.2) is 51.7 Å². The molecule has 4 aromatic rings. The lowest BCUT2D eigenvalue weighted by molar-refractivity contribution is -0.119. The minimum atomic E-state index is -0.579. The quantitative estimate of drug-likeness (QED) is 0.452. The van der Waals surface area contributed by atoms with E-state index in [1.165, 1.54) is 28.0 Å². The van der Waals surface area contributed by atoms with Crippen molar-refractivity contribution in [1.29, 1.82) is 0 Å². The lowest BCUT2D eigenvalue weighted by Crippen LogP contribution is -2.37. The molecule has 2 aromatic heterocycles. The number of rotatable bonds is 7. The standard InChI is InChI=1S/C21H21FN4O3S/c1-24(2)10-5-11-25(20-23-15-9-8-14(22)12-18(15)30-20)19(27)13-26-16-6-3-4-7-17(16)29-21(26)28/h3-4,6-9,12H,5,10-11,13H2,1-2H3. The van der Waals surface area contributed by atoms with Crippen molar-refractivity contribution in [3.8, 4) is 0 Å². The van der Waals surface area contributed by atoms with E-state index in [4.69, 9.17) is 4.42 Å². The molecule has 4 rings (SSSR count). The van der Waals surface area contributed by atoms with Crippen molar-refractivity contribution in [2.24, 2.45) is 0 Å². The molecule has 30 heavy (non-hydrogen) atoms. The summed E-state index contributed by atoms with van der Waals surface area (Å²) in [6.45, 7) is 1.06. The van der Waals surface area contributed by atoms with Crippen LogP contribution in [0, 0.1) is 5.82 Å². The van der Waals surface area contributed by atoms with Crippen LogP contribution in [0.3, 0.4) is 0 Å². The van der Waals surface area contributed by atoms with Crippen molar-refractivity contribution < 1.29 is 13.6 Å². The van der Waals surface area contributed by atoms with Crippen molar-refractivity contribution in [2.45, 2.75) is 13.0 Å². The highest BCUT2D eigenvalue weighted by Gasteiger charge is 2.22. The number of anilines is 1. The number of hydrogen-bond acceptors (Lipinski definition) is 6. The van der Waals surface area contributed by atoms with E-state index in [1.807, 2.05) is 19.0 Å². The largest absolute Gasteiger partial charge is 0.420 e. The van der Waals surface area contributed by atoms with Gasteiger partial charge in [-0.15, -0.1) is 0 Å². The first-order valence-electron chi connectivity index (χ1n) is 9.52. The zero-order valence-electron chi connectivity index (χ0n) is 16.7. The summed E-state index contributed by atoms with van der Waals surface area (Å²) in [5.74, 6) is -1.20. The highest BCUT2D eigenvalue weighted by atomic mass is 32.1. The van der Waals surface area contributed by atoms with Crippen LogP contribution in [0.2, 0.25) is 0 Å². The van der Waals surface area contributed by atoms with Gasteiger partial charge in [-0.1, -0.05) is 23.5 Å². The maximum Gasteiger partial charge on any atom is 0.420 e. The summed E-state index contributed by atoms with van der Waals surface area (Å²) in [5, 5.41) is 0.486. The van der Waals surface area contributed by atoms with E-state index in [1.54, 1.807) is 35.2 Å². The van der Waals surface area contributed by atoms with Gasteiger partial charge in [0.2, 0.25) is 5.91 Å². The fraction of sp³-hybridized carbons (Fsp3) is 0.286.